The monoisotopic (exact) mass is 455 g/mol. The van der Waals surface area contributed by atoms with Crippen molar-refractivity contribution >= 4 is 64.6 Å². The first-order valence-electron chi connectivity index (χ1n) is 12.4. The molecule has 0 aliphatic carbocycles. The summed E-state index contributed by atoms with van der Waals surface area (Å²) in [7, 11) is 0. The van der Waals surface area contributed by atoms with Gasteiger partial charge in [-0.05, 0) is 71.4 Å². The summed E-state index contributed by atoms with van der Waals surface area (Å²) in [6, 6.07) is 44.1. The van der Waals surface area contributed by atoms with Crippen molar-refractivity contribution in [3.63, 3.8) is 0 Å². The lowest BCUT2D eigenvalue weighted by molar-refractivity contribution is 1.36. The summed E-state index contributed by atoms with van der Waals surface area (Å²) in [6.45, 7) is 0. The summed E-state index contributed by atoms with van der Waals surface area (Å²) >= 11 is 0. The molecule has 0 N–H and O–H groups in total. The third kappa shape index (κ3) is 2.74. The summed E-state index contributed by atoms with van der Waals surface area (Å²) in [6.07, 6.45) is 1.95. The van der Waals surface area contributed by atoms with Crippen LogP contribution in [0.3, 0.4) is 0 Å². The van der Waals surface area contributed by atoms with Crippen molar-refractivity contribution in [1.29, 1.82) is 0 Å². The van der Waals surface area contributed by atoms with E-state index in [-0.39, 0.29) is 0 Å². The molecule has 1 heteroatoms. The Morgan fingerprint density at radius 3 is 1.78 bits per heavy atom. The summed E-state index contributed by atoms with van der Waals surface area (Å²) in [5, 5.41) is 15.2. The highest BCUT2D eigenvalue weighted by atomic mass is 14.7. The first-order chi connectivity index (χ1) is 17.8. The van der Waals surface area contributed by atoms with Gasteiger partial charge in [-0.25, -0.2) is 0 Å². The van der Waals surface area contributed by atoms with Crippen molar-refractivity contribution < 1.29 is 0 Å². The number of rotatable bonds is 1. The van der Waals surface area contributed by atoms with E-state index >= 15 is 0 Å². The highest BCUT2D eigenvalue weighted by molar-refractivity contribution is 6.22. The molecule has 8 aromatic rings. The van der Waals surface area contributed by atoms with Crippen LogP contribution in [0.2, 0.25) is 0 Å². The number of hydrogen-bond acceptors (Lipinski definition) is 1. The van der Waals surface area contributed by atoms with E-state index in [1.54, 1.807) is 0 Å². The molecule has 0 aliphatic heterocycles. The smallest absolute Gasteiger partial charge is 0.0780 e. The Kier molecular flexibility index (Phi) is 4.00. The molecule has 1 heterocycles. The van der Waals surface area contributed by atoms with E-state index in [0.717, 1.165) is 11.3 Å². The molecule has 0 amide bonds. The van der Waals surface area contributed by atoms with Gasteiger partial charge in [0.15, 0.2) is 0 Å². The van der Waals surface area contributed by atoms with E-state index in [1.807, 2.05) is 6.20 Å². The number of pyridine rings is 1. The minimum atomic E-state index is 1.03. The highest BCUT2D eigenvalue weighted by Crippen LogP contribution is 2.38. The molecule has 36 heavy (non-hydrogen) atoms. The second-order valence-corrected chi connectivity index (χ2v) is 9.59. The number of fused-ring (bicyclic) bond motifs is 10. The number of hydrogen-bond donors (Lipinski definition) is 0. The predicted octanol–water partition coefficient (Wildman–Crippen LogP) is 9.67. The van der Waals surface area contributed by atoms with Gasteiger partial charge in [0.2, 0.25) is 0 Å². The van der Waals surface area contributed by atoms with Crippen LogP contribution in [0.15, 0.2) is 128 Å². The third-order valence-corrected chi connectivity index (χ3v) is 7.67. The third-order valence-electron chi connectivity index (χ3n) is 7.67. The maximum atomic E-state index is 4.90. The molecule has 166 valence electrons. The standard InChI is InChI=1S/C35H21N/c1-3-7-27-22(5-1)15-16-30-29(27)17-18-32-31(30)19-20-36-35(32)26-14-11-24-10-13-25-12-9-23-6-2-4-8-28(23)34(25)33(24)21-26/h1-21H. The number of benzene rings is 7. The zero-order chi connectivity index (χ0) is 23.6. The van der Waals surface area contributed by atoms with Gasteiger partial charge in [0.05, 0.1) is 5.69 Å². The molecule has 0 unspecified atom stereocenters. The fourth-order valence-corrected chi connectivity index (χ4v) is 5.96. The van der Waals surface area contributed by atoms with Gasteiger partial charge in [-0.2, -0.15) is 0 Å². The fraction of sp³-hybridized carbons (Fsp3) is 0. The first kappa shape index (κ1) is 19.5. The van der Waals surface area contributed by atoms with Crippen LogP contribution in [0.4, 0.5) is 0 Å². The zero-order valence-electron chi connectivity index (χ0n) is 19.6. The van der Waals surface area contributed by atoms with Crippen LogP contribution in [0, 0.1) is 0 Å². The molecule has 0 radical (unpaired) electrons. The minimum absolute atomic E-state index is 1.03. The van der Waals surface area contributed by atoms with Gasteiger partial charge in [0.25, 0.3) is 0 Å². The Morgan fingerprint density at radius 1 is 0.361 bits per heavy atom. The Hall–Kier alpha value is -4.75. The Bertz CT molecular complexity index is 2150. The molecular weight excluding hydrogens is 434 g/mol. The summed E-state index contributed by atoms with van der Waals surface area (Å²) in [4.78, 5) is 4.90. The van der Waals surface area contributed by atoms with Crippen molar-refractivity contribution in [2.24, 2.45) is 0 Å². The summed E-state index contributed by atoms with van der Waals surface area (Å²) < 4.78 is 0. The van der Waals surface area contributed by atoms with Crippen LogP contribution < -0.4 is 0 Å². The van der Waals surface area contributed by atoms with E-state index < -0.39 is 0 Å². The summed E-state index contributed by atoms with van der Waals surface area (Å²) in [5.74, 6) is 0. The van der Waals surface area contributed by atoms with Crippen molar-refractivity contribution in [3.05, 3.63) is 128 Å². The summed E-state index contributed by atoms with van der Waals surface area (Å²) in [5.41, 5.74) is 2.18. The molecular formula is C35H21N. The minimum Gasteiger partial charge on any atom is -0.256 e. The van der Waals surface area contributed by atoms with Crippen LogP contribution >= 0.6 is 0 Å². The van der Waals surface area contributed by atoms with Gasteiger partial charge in [-0.1, -0.05) is 109 Å². The number of aromatic nitrogens is 1. The average Bonchev–Trinajstić information content (AvgIpc) is 2.95. The molecule has 1 aromatic heterocycles. The molecule has 0 aliphatic rings. The molecule has 0 saturated carbocycles. The Balaban J connectivity index is 1.44. The molecule has 0 saturated heterocycles. The fourth-order valence-electron chi connectivity index (χ4n) is 5.96. The van der Waals surface area contributed by atoms with Crippen LogP contribution in [0.1, 0.15) is 0 Å². The molecule has 7 aromatic carbocycles. The molecule has 0 bridgehead atoms. The van der Waals surface area contributed by atoms with Gasteiger partial charge in [-0.3, -0.25) is 4.98 Å². The van der Waals surface area contributed by atoms with Crippen molar-refractivity contribution in [3.8, 4) is 11.3 Å². The highest BCUT2D eigenvalue weighted by Gasteiger charge is 2.12. The molecule has 0 fully saturated rings. The lowest BCUT2D eigenvalue weighted by Crippen LogP contribution is -1.89. The van der Waals surface area contributed by atoms with Crippen molar-refractivity contribution in [2.75, 3.05) is 0 Å². The number of nitrogens with zero attached hydrogens (tertiary/aromatic N) is 1. The lowest BCUT2D eigenvalue weighted by atomic mass is 9.93. The lowest BCUT2D eigenvalue weighted by Gasteiger charge is -2.12. The van der Waals surface area contributed by atoms with Crippen molar-refractivity contribution in [2.45, 2.75) is 0 Å². The van der Waals surface area contributed by atoms with E-state index in [4.69, 9.17) is 4.98 Å². The molecule has 1 nitrogen and oxygen atoms in total. The second kappa shape index (κ2) is 7.37. The topological polar surface area (TPSA) is 12.9 Å². The van der Waals surface area contributed by atoms with E-state index in [2.05, 4.69) is 121 Å². The van der Waals surface area contributed by atoms with Gasteiger partial charge in [-0.15, -0.1) is 0 Å². The second-order valence-electron chi connectivity index (χ2n) is 9.59. The van der Waals surface area contributed by atoms with Crippen LogP contribution in [-0.2, 0) is 0 Å². The maximum Gasteiger partial charge on any atom is 0.0780 e. The van der Waals surface area contributed by atoms with E-state index in [9.17, 15) is 0 Å². The van der Waals surface area contributed by atoms with Crippen LogP contribution in [-0.4, -0.2) is 4.98 Å². The average molecular weight is 456 g/mol. The van der Waals surface area contributed by atoms with E-state index in [1.165, 1.54) is 64.6 Å². The van der Waals surface area contributed by atoms with E-state index in [0.29, 0.717) is 0 Å². The normalized spacial score (nSPS) is 11.9. The van der Waals surface area contributed by atoms with Gasteiger partial charge >= 0.3 is 0 Å². The van der Waals surface area contributed by atoms with Gasteiger partial charge < -0.3 is 0 Å². The zero-order valence-corrected chi connectivity index (χ0v) is 19.6. The SMILES string of the molecule is c1ccc2c(c1)ccc1c3ccnc(-c4ccc5ccc6ccc7ccccc7c6c5c4)c3ccc21. The van der Waals surface area contributed by atoms with Gasteiger partial charge in [0, 0.05) is 17.1 Å². The largest absolute Gasteiger partial charge is 0.256 e. The molecule has 0 spiro atoms. The Labute approximate surface area is 208 Å². The van der Waals surface area contributed by atoms with Crippen LogP contribution in [0.25, 0.3) is 75.9 Å². The maximum absolute atomic E-state index is 4.90. The predicted molar refractivity (Wildman–Crippen MR) is 155 cm³/mol. The van der Waals surface area contributed by atoms with Crippen LogP contribution in [0.5, 0.6) is 0 Å². The van der Waals surface area contributed by atoms with Gasteiger partial charge in [0.1, 0.15) is 0 Å². The molecule has 8 rings (SSSR count). The quantitative estimate of drug-likeness (QED) is 0.225. The first-order valence-corrected chi connectivity index (χ1v) is 12.4. The van der Waals surface area contributed by atoms with Crippen molar-refractivity contribution in [1.82, 2.24) is 4.98 Å². The Morgan fingerprint density at radius 2 is 0.917 bits per heavy atom. The molecule has 0 atom stereocenters.